The highest BCUT2D eigenvalue weighted by molar-refractivity contribution is 5.89. The van der Waals surface area contributed by atoms with E-state index in [0.29, 0.717) is 6.42 Å². The maximum atomic E-state index is 11.6. The summed E-state index contributed by atoms with van der Waals surface area (Å²) in [5.41, 5.74) is 0. The zero-order valence-electron chi connectivity index (χ0n) is 8.54. The van der Waals surface area contributed by atoms with Crippen LogP contribution in [0.1, 0.15) is 20.3 Å². The molecule has 3 heteroatoms. The van der Waals surface area contributed by atoms with Crippen molar-refractivity contribution in [1.29, 1.82) is 0 Å². The molecule has 0 radical (unpaired) electrons. The minimum atomic E-state index is -0.0637. The van der Waals surface area contributed by atoms with E-state index in [2.05, 4.69) is 4.90 Å². The van der Waals surface area contributed by atoms with Gasteiger partial charge in [0.25, 0.3) is 0 Å². The number of hydrogen-bond acceptors (Lipinski definition) is 3. The van der Waals surface area contributed by atoms with Gasteiger partial charge in [0.1, 0.15) is 11.6 Å². The monoisotopic (exact) mass is 183 g/mol. The molecule has 0 N–H and O–H groups in total. The van der Waals surface area contributed by atoms with Crippen LogP contribution in [0.5, 0.6) is 0 Å². The highest BCUT2D eigenvalue weighted by atomic mass is 16.1. The molecule has 0 spiro atoms. The van der Waals surface area contributed by atoms with Crippen molar-refractivity contribution in [2.75, 3.05) is 20.1 Å². The van der Waals surface area contributed by atoms with Crippen molar-refractivity contribution in [3.05, 3.63) is 0 Å². The molecular weight excluding hydrogens is 166 g/mol. The SMILES string of the molecule is CC(=O)C[C@H]1CN(C)C[C@@H](C)C1=O. The van der Waals surface area contributed by atoms with Crippen LogP contribution >= 0.6 is 0 Å². The minimum Gasteiger partial charge on any atom is -0.305 e. The summed E-state index contributed by atoms with van der Waals surface area (Å²) in [6.07, 6.45) is 0.410. The lowest BCUT2D eigenvalue weighted by Crippen LogP contribution is -2.44. The minimum absolute atomic E-state index is 0.0637. The van der Waals surface area contributed by atoms with Gasteiger partial charge in [-0.05, 0) is 14.0 Å². The number of piperidine rings is 1. The first-order valence-electron chi connectivity index (χ1n) is 4.72. The molecule has 0 aromatic rings. The van der Waals surface area contributed by atoms with Crippen LogP contribution < -0.4 is 0 Å². The topological polar surface area (TPSA) is 37.4 Å². The van der Waals surface area contributed by atoms with Gasteiger partial charge in [0, 0.05) is 31.3 Å². The van der Waals surface area contributed by atoms with Gasteiger partial charge in [0.15, 0.2) is 0 Å². The average Bonchev–Trinajstić information content (AvgIpc) is 1.98. The number of rotatable bonds is 2. The van der Waals surface area contributed by atoms with Gasteiger partial charge in [-0.1, -0.05) is 6.92 Å². The molecule has 1 heterocycles. The summed E-state index contributed by atoms with van der Waals surface area (Å²) < 4.78 is 0. The number of carbonyl (C=O) groups is 2. The molecule has 1 aliphatic heterocycles. The second kappa shape index (κ2) is 4.01. The van der Waals surface area contributed by atoms with Gasteiger partial charge in [0.05, 0.1) is 0 Å². The lowest BCUT2D eigenvalue weighted by Gasteiger charge is -2.32. The van der Waals surface area contributed by atoms with Crippen LogP contribution in [-0.2, 0) is 9.59 Å². The van der Waals surface area contributed by atoms with Gasteiger partial charge in [-0.15, -0.1) is 0 Å². The van der Waals surface area contributed by atoms with Gasteiger partial charge in [-0.25, -0.2) is 0 Å². The predicted molar refractivity (Wildman–Crippen MR) is 50.5 cm³/mol. The van der Waals surface area contributed by atoms with Crippen LogP contribution in [0.2, 0.25) is 0 Å². The summed E-state index contributed by atoms with van der Waals surface area (Å²) in [6, 6.07) is 0. The Labute approximate surface area is 79.1 Å². The second-order valence-electron chi connectivity index (χ2n) is 4.13. The molecule has 0 aromatic carbocycles. The van der Waals surface area contributed by atoms with Crippen LogP contribution in [0.15, 0.2) is 0 Å². The number of likely N-dealkylation sites (tertiary alicyclic amines) is 1. The summed E-state index contributed by atoms with van der Waals surface area (Å²) in [6.45, 7) is 5.05. The molecule has 74 valence electrons. The van der Waals surface area contributed by atoms with E-state index in [1.165, 1.54) is 0 Å². The van der Waals surface area contributed by atoms with Gasteiger partial charge in [-0.2, -0.15) is 0 Å². The molecule has 0 bridgehead atoms. The molecule has 1 aliphatic rings. The Balaban J connectivity index is 2.61. The van der Waals surface area contributed by atoms with Crippen LogP contribution in [0.3, 0.4) is 0 Å². The first-order chi connectivity index (χ1) is 6.00. The van der Waals surface area contributed by atoms with Crippen molar-refractivity contribution < 1.29 is 9.59 Å². The molecular formula is C10H17NO2. The molecule has 13 heavy (non-hydrogen) atoms. The maximum Gasteiger partial charge on any atom is 0.141 e. The van der Waals surface area contributed by atoms with Crippen molar-refractivity contribution in [1.82, 2.24) is 4.90 Å². The summed E-state index contributed by atoms with van der Waals surface area (Å²) in [5.74, 6) is 0.392. The van der Waals surface area contributed by atoms with E-state index in [1.807, 2.05) is 14.0 Å². The quantitative estimate of drug-likeness (QED) is 0.633. The van der Waals surface area contributed by atoms with Crippen molar-refractivity contribution in [2.45, 2.75) is 20.3 Å². The molecule has 1 fully saturated rings. The zero-order chi connectivity index (χ0) is 10.0. The lowest BCUT2D eigenvalue weighted by molar-refractivity contribution is -0.133. The fraction of sp³-hybridized carbons (Fsp3) is 0.800. The Hall–Kier alpha value is -0.700. The van der Waals surface area contributed by atoms with E-state index in [1.54, 1.807) is 6.92 Å². The van der Waals surface area contributed by atoms with E-state index in [-0.39, 0.29) is 23.4 Å². The Morgan fingerprint density at radius 2 is 2.15 bits per heavy atom. The third kappa shape index (κ3) is 2.62. The van der Waals surface area contributed by atoms with Crippen molar-refractivity contribution in [3.63, 3.8) is 0 Å². The zero-order valence-corrected chi connectivity index (χ0v) is 8.54. The van der Waals surface area contributed by atoms with Crippen LogP contribution in [-0.4, -0.2) is 36.6 Å². The van der Waals surface area contributed by atoms with Crippen LogP contribution in [0, 0.1) is 11.8 Å². The van der Waals surface area contributed by atoms with E-state index in [0.717, 1.165) is 13.1 Å². The van der Waals surface area contributed by atoms with Gasteiger partial charge in [-0.3, -0.25) is 4.79 Å². The number of hydrogen-bond donors (Lipinski definition) is 0. The summed E-state index contributed by atoms with van der Waals surface area (Å²) in [7, 11) is 2.00. The van der Waals surface area contributed by atoms with E-state index in [9.17, 15) is 9.59 Å². The molecule has 0 unspecified atom stereocenters. The molecule has 0 aliphatic carbocycles. The van der Waals surface area contributed by atoms with E-state index < -0.39 is 0 Å². The molecule has 1 saturated heterocycles. The van der Waals surface area contributed by atoms with Crippen molar-refractivity contribution in [2.24, 2.45) is 11.8 Å². The lowest BCUT2D eigenvalue weighted by atomic mass is 9.86. The second-order valence-corrected chi connectivity index (χ2v) is 4.13. The van der Waals surface area contributed by atoms with Crippen molar-refractivity contribution >= 4 is 11.6 Å². The van der Waals surface area contributed by atoms with Crippen LogP contribution in [0.25, 0.3) is 0 Å². The number of ketones is 2. The Morgan fingerprint density at radius 3 is 2.69 bits per heavy atom. The third-order valence-electron chi connectivity index (χ3n) is 2.54. The molecule has 1 rings (SSSR count). The molecule has 0 saturated carbocycles. The van der Waals surface area contributed by atoms with Crippen LogP contribution in [0.4, 0.5) is 0 Å². The predicted octanol–water partition coefficient (Wildman–Crippen LogP) is 0.732. The van der Waals surface area contributed by atoms with Crippen molar-refractivity contribution in [3.8, 4) is 0 Å². The first kappa shape index (κ1) is 10.4. The fourth-order valence-electron chi connectivity index (χ4n) is 2.01. The molecule has 0 aromatic heterocycles. The van der Waals surface area contributed by atoms with E-state index in [4.69, 9.17) is 0 Å². The highest BCUT2D eigenvalue weighted by Gasteiger charge is 2.31. The fourth-order valence-corrected chi connectivity index (χ4v) is 2.01. The Bertz CT molecular complexity index is 225. The standard InChI is InChI=1S/C10H17NO2/c1-7-5-11(3)6-9(10(7)13)4-8(2)12/h7,9H,4-6H2,1-3H3/t7-,9+/m1/s1. The summed E-state index contributed by atoms with van der Waals surface area (Å²) in [5, 5.41) is 0. The van der Waals surface area contributed by atoms with E-state index >= 15 is 0 Å². The Morgan fingerprint density at radius 1 is 1.54 bits per heavy atom. The maximum absolute atomic E-state index is 11.6. The van der Waals surface area contributed by atoms with Gasteiger partial charge in [0.2, 0.25) is 0 Å². The molecule has 0 amide bonds. The largest absolute Gasteiger partial charge is 0.305 e. The van der Waals surface area contributed by atoms with Gasteiger partial charge >= 0.3 is 0 Å². The normalized spacial score (nSPS) is 30.5. The summed E-state index contributed by atoms with van der Waals surface area (Å²) >= 11 is 0. The molecule has 2 atom stereocenters. The average molecular weight is 183 g/mol. The number of nitrogens with zero attached hydrogens (tertiary/aromatic N) is 1. The van der Waals surface area contributed by atoms with Gasteiger partial charge < -0.3 is 9.69 Å². The Kier molecular flexibility index (Phi) is 3.20. The number of Topliss-reactive ketones (excluding diaryl/α,β-unsaturated/α-hetero) is 2. The smallest absolute Gasteiger partial charge is 0.141 e. The molecule has 3 nitrogen and oxygen atoms in total. The summed E-state index contributed by atoms with van der Waals surface area (Å²) in [4.78, 5) is 24.7. The third-order valence-corrected chi connectivity index (χ3v) is 2.54. The highest BCUT2D eigenvalue weighted by Crippen LogP contribution is 2.19. The number of carbonyl (C=O) groups excluding carboxylic acids is 2. The first-order valence-corrected chi connectivity index (χ1v) is 4.72.